The fourth-order valence-electron chi connectivity index (χ4n) is 3.95. The molecule has 1 aromatic heterocycles. The van der Waals surface area contributed by atoms with Crippen LogP contribution in [0.2, 0.25) is 0 Å². The van der Waals surface area contributed by atoms with Gasteiger partial charge in [-0.1, -0.05) is 12.1 Å². The molecule has 7 nitrogen and oxygen atoms in total. The smallest absolute Gasteiger partial charge is 0.261 e. The van der Waals surface area contributed by atoms with Gasteiger partial charge in [0.15, 0.2) is 0 Å². The number of halogens is 1. The van der Waals surface area contributed by atoms with Gasteiger partial charge in [0.2, 0.25) is 5.91 Å². The lowest BCUT2D eigenvalue weighted by Gasteiger charge is -2.14. The van der Waals surface area contributed by atoms with Gasteiger partial charge in [-0.3, -0.25) is 19.3 Å². The maximum absolute atomic E-state index is 13.3. The maximum atomic E-state index is 13.3. The highest BCUT2D eigenvalue weighted by Crippen LogP contribution is 2.36. The molecule has 0 saturated carbocycles. The Kier molecular flexibility index (Phi) is 5.26. The number of hydrogen-bond donors (Lipinski definition) is 1. The minimum absolute atomic E-state index is 0.143. The van der Waals surface area contributed by atoms with E-state index in [1.807, 2.05) is 0 Å². The van der Waals surface area contributed by atoms with Gasteiger partial charge >= 0.3 is 0 Å². The van der Waals surface area contributed by atoms with Crippen LogP contribution in [0.25, 0.3) is 5.69 Å². The van der Waals surface area contributed by atoms with Gasteiger partial charge in [-0.05, 0) is 42.8 Å². The first-order valence-corrected chi connectivity index (χ1v) is 11.4. The predicted molar refractivity (Wildman–Crippen MR) is 118 cm³/mol. The Morgan fingerprint density at radius 2 is 1.72 bits per heavy atom. The second-order valence-corrected chi connectivity index (χ2v) is 8.60. The number of nitrogens with zero attached hydrogens (tertiary/aromatic N) is 3. The average molecular weight is 450 g/mol. The predicted octanol–water partition coefficient (Wildman–Crippen LogP) is 3.77. The molecule has 3 heterocycles. The summed E-state index contributed by atoms with van der Waals surface area (Å²) in [5.41, 5.74) is 3.33. The van der Waals surface area contributed by atoms with E-state index in [9.17, 15) is 18.8 Å². The van der Waals surface area contributed by atoms with Crippen molar-refractivity contribution in [3.05, 3.63) is 76.7 Å². The van der Waals surface area contributed by atoms with E-state index in [0.717, 1.165) is 22.8 Å². The summed E-state index contributed by atoms with van der Waals surface area (Å²) >= 11 is 1.72. The standard InChI is InChI=1S/C23H19FN4O3S/c24-14-7-9-15(10-8-14)28-21(18-12-32-13-19(18)26-28)25-20(29)6-3-11-27-22(30)16-4-1-2-5-17(16)23(27)31/h1-2,4-5,7-10H,3,6,11-13H2,(H,25,29). The first-order valence-electron chi connectivity index (χ1n) is 10.2. The van der Waals surface area contributed by atoms with Crippen LogP contribution in [0.4, 0.5) is 10.2 Å². The van der Waals surface area contributed by atoms with E-state index in [2.05, 4.69) is 10.4 Å². The van der Waals surface area contributed by atoms with Crippen molar-refractivity contribution >= 4 is 35.3 Å². The van der Waals surface area contributed by atoms with Crippen molar-refractivity contribution in [1.29, 1.82) is 0 Å². The van der Waals surface area contributed by atoms with Gasteiger partial charge in [0.1, 0.15) is 11.6 Å². The Morgan fingerprint density at radius 1 is 1.03 bits per heavy atom. The van der Waals surface area contributed by atoms with Gasteiger partial charge < -0.3 is 5.32 Å². The highest BCUT2D eigenvalue weighted by molar-refractivity contribution is 7.98. The van der Waals surface area contributed by atoms with Gasteiger partial charge in [0.05, 0.1) is 22.5 Å². The van der Waals surface area contributed by atoms with Crippen molar-refractivity contribution in [2.24, 2.45) is 0 Å². The molecule has 0 atom stereocenters. The van der Waals surface area contributed by atoms with Crippen molar-refractivity contribution in [3.63, 3.8) is 0 Å². The first-order chi connectivity index (χ1) is 15.5. The van der Waals surface area contributed by atoms with E-state index in [-0.39, 0.29) is 36.5 Å². The summed E-state index contributed by atoms with van der Waals surface area (Å²) < 4.78 is 15.0. The molecule has 2 aliphatic rings. The van der Waals surface area contributed by atoms with Crippen LogP contribution in [-0.2, 0) is 16.3 Å². The Morgan fingerprint density at radius 3 is 2.41 bits per heavy atom. The third kappa shape index (κ3) is 3.58. The summed E-state index contributed by atoms with van der Waals surface area (Å²) in [5.74, 6) is 0.855. The second-order valence-electron chi connectivity index (χ2n) is 7.61. The molecule has 1 N–H and O–H groups in total. The molecule has 0 unspecified atom stereocenters. The number of benzene rings is 2. The molecule has 2 aromatic carbocycles. The topological polar surface area (TPSA) is 84.3 Å². The number of fused-ring (bicyclic) bond motifs is 2. The monoisotopic (exact) mass is 450 g/mol. The number of carbonyl (C=O) groups excluding carboxylic acids is 3. The minimum Gasteiger partial charge on any atom is -0.310 e. The van der Waals surface area contributed by atoms with Crippen molar-refractivity contribution in [2.45, 2.75) is 24.3 Å². The number of aromatic nitrogens is 2. The maximum Gasteiger partial charge on any atom is 0.261 e. The molecule has 0 fully saturated rings. The van der Waals surface area contributed by atoms with Crippen LogP contribution in [-0.4, -0.2) is 38.9 Å². The van der Waals surface area contributed by atoms with Gasteiger partial charge in [-0.15, -0.1) is 0 Å². The molecule has 5 rings (SSSR count). The number of hydrogen-bond acceptors (Lipinski definition) is 5. The molecule has 0 spiro atoms. The average Bonchev–Trinajstić information content (AvgIpc) is 3.45. The molecule has 3 aromatic rings. The van der Waals surface area contributed by atoms with Crippen molar-refractivity contribution in [3.8, 4) is 5.69 Å². The Bertz CT molecular complexity index is 1200. The number of carbonyl (C=O) groups is 3. The molecule has 2 aliphatic heterocycles. The fourth-order valence-corrected chi connectivity index (χ4v) is 4.98. The number of rotatable bonds is 6. The lowest BCUT2D eigenvalue weighted by Crippen LogP contribution is -2.31. The highest BCUT2D eigenvalue weighted by atomic mass is 32.2. The number of anilines is 1. The quantitative estimate of drug-likeness (QED) is 0.578. The van der Waals surface area contributed by atoms with Crippen LogP contribution in [0.1, 0.15) is 44.8 Å². The molecule has 32 heavy (non-hydrogen) atoms. The molecular weight excluding hydrogens is 431 g/mol. The first kappa shape index (κ1) is 20.4. The van der Waals surface area contributed by atoms with Gasteiger partial charge in [-0.2, -0.15) is 16.9 Å². The van der Waals surface area contributed by atoms with E-state index in [1.54, 1.807) is 52.8 Å². The Balaban J connectivity index is 1.26. The van der Waals surface area contributed by atoms with Gasteiger partial charge in [0, 0.05) is 30.0 Å². The summed E-state index contributed by atoms with van der Waals surface area (Å²) in [4.78, 5) is 38.8. The number of imide groups is 1. The summed E-state index contributed by atoms with van der Waals surface area (Å²) in [6.07, 6.45) is 0.489. The lowest BCUT2D eigenvalue weighted by molar-refractivity contribution is -0.116. The molecule has 0 radical (unpaired) electrons. The van der Waals surface area contributed by atoms with Gasteiger partial charge in [0.25, 0.3) is 11.8 Å². The van der Waals surface area contributed by atoms with Crippen molar-refractivity contribution < 1.29 is 18.8 Å². The molecule has 9 heteroatoms. The molecule has 0 aliphatic carbocycles. The zero-order chi connectivity index (χ0) is 22.2. The Hall–Kier alpha value is -3.46. The summed E-state index contributed by atoms with van der Waals surface area (Å²) in [7, 11) is 0. The van der Waals surface area contributed by atoms with Crippen LogP contribution < -0.4 is 5.32 Å². The lowest BCUT2D eigenvalue weighted by atomic mass is 10.1. The molecule has 0 saturated heterocycles. The van der Waals surface area contributed by atoms with E-state index in [0.29, 0.717) is 29.1 Å². The third-order valence-corrected chi connectivity index (χ3v) is 6.52. The van der Waals surface area contributed by atoms with E-state index in [4.69, 9.17) is 0 Å². The van der Waals surface area contributed by atoms with Crippen LogP contribution in [0.15, 0.2) is 48.5 Å². The SMILES string of the molecule is O=C(CCCN1C(=O)c2ccccc2C1=O)Nc1c2c(nn1-c1ccc(F)cc1)CSC2. The molecule has 3 amide bonds. The molecular formula is C23H19FN4O3S. The number of thioether (sulfide) groups is 1. The summed E-state index contributed by atoms with van der Waals surface area (Å²) in [6, 6.07) is 12.7. The second kappa shape index (κ2) is 8.23. The van der Waals surface area contributed by atoms with Gasteiger partial charge in [-0.25, -0.2) is 9.07 Å². The van der Waals surface area contributed by atoms with E-state index in [1.165, 1.54) is 17.0 Å². The summed E-state index contributed by atoms with van der Waals surface area (Å²) in [5, 5.41) is 7.53. The Labute approximate surface area is 187 Å². The van der Waals surface area contributed by atoms with Crippen molar-refractivity contribution in [2.75, 3.05) is 11.9 Å². The largest absolute Gasteiger partial charge is 0.310 e. The van der Waals surface area contributed by atoms with Crippen LogP contribution in [0.5, 0.6) is 0 Å². The number of nitrogens with one attached hydrogen (secondary N) is 1. The van der Waals surface area contributed by atoms with Crippen molar-refractivity contribution in [1.82, 2.24) is 14.7 Å². The molecule has 0 bridgehead atoms. The fraction of sp³-hybridized carbons (Fsp3) is 0.217. The highest BCUT2D eigenvalue weighted by Gasteiger charge is 2.34. The van der Waals surface area contributed by atoms with Crippen LogP contribution in [0.3, 0.4) is 0 Å². The van der Waals surface area contributed by atoms with Crippen LogP contribution in [0, 0.1) is 5.82 Å². The zero-order valence-electron chi connectivity index (χ0n) is 17.0. The van der Waals surface area contributed by atoms with E-state index < -0.39 is 0 Å². The normalized spacial score (nSPS) is 14.6. The van der Waals surface area contributed by atoms with Crippen LogP contribution >= 0.6 is 11.8 Å². The third-order valence-electron chi connectivity index (χ3n) is 5.54. The minimum atomic E-state index is -0.345. The number of amides is 3. The zero-order valence-corrected chi connectivity index (χ0v) is 17.8. The summed E-state index contributed by atoms with van der Waals surface area (Å²) in [6.45, 7) is 0.172. The van der Waals surface area contributed by atoms with E-state index >= 15 is 0 Å². The molecule has 162 valence electrons.